The summed E-state index contributed by atoms with van der Waals surface area (Å²) in [6.07, 6.45) is 14.2. The second-order valence-electron chi connectivity index (χ2n) is 5.80. The van der Waals surface area contributed by atoms with Gasteiger partial charge in [-0.25, -0.2) is 0 Å². The van der Waals surface area contributed by atoms with Crippen molar-refractivity contribution in [3.8, 4) is 0 Å². The maximum absolute atomic E-state index is 3.16. The number of unbranched alkanes of at least 4 members (excludes halogenated alkanes) is 9. The molecule has 0 aliphatic rings. The lowest BCUT2D eigenvalue weighted by atomic mass is 10.1. The highest BCUT2D eigenvalue weighted by Crippen LogP contribution is 2.21. The molecule has 0 aliphatic heterocycles. The van der Waals surface area contributed by atoms with E-state index >= 15 is 0 Å². The molecule has 120 valence electrons. The van der Waals surface area contributed by atoms with Gasteiger partial charge in [-0.2, -0.15) is 0 Å². The van der Waals surface area contributed by atoms with Crippen LogP contribution in [0.1, 0.15) is 71.1 Å². The van der Waals surface area contributed by atoms with Crippen molar-refractivity contribution in [2.45, 2.75) is 76.0 Å². The molecule has 0 bridgehead atoms. The Labute approximate surface area is 136 Å². The molecule has 0 radical (unpaired) electrons. The zero-order valence-electron chi connectivity index (χ0n) is 14.0. The molecule has 0 amide bonds. The topological polar surface area (TPSA) is 12.0 Å². The van der Waals surface area contributed by atoms with Crippen LogP contribution in [0.15, 0.2) is 29.2 Å². The third-order valence-corrected chi connectivity index (χ3v) is 5.01. The molecule has 0 saturated carbocycles. The fourth-order valence-corrected chi connectivity index (χ4v) is 3.41. The average molecular weight is 308 g/mol. The van der Waals surface area contributed by atoms with Gasteiger partial charge in [0.2, 0.25) is 0 Å². The van der Waals surface area contributed by atoms with Crippen molar-refractivity contribution < 1.29 is 0 Å². The van der Waals surface area contributed by atoms with Crippen molar-refractivity contribution in [2.75, 3.05) is 18.1 Å². The monoisotopic (exact) mass is 307 g/mol. The smallest absolute Gasteiger partial charge is 0.0338 e. The Morgan fingerprint density at radius 1 is 0.762 bits per heavy atom. The van der Waals surface area contributed by atoms with Crippen LogP contribution in [-0.4, -0.2) is 12.8 Å². The lowest BCUT2D eigenvalue weighted by Gasteiger charge is -2.04. The summed E-state index contributed by atoms with van der Waals surface area (Å²) in [6, 6.07) is 8.74. The molecule has 21 heavy (non-hydrogen) atoms. The van der Waals surface area contributed by atoms with E-state index in [-0.39, 0.29) is 0 Å². The molecular weight excluding hydrogens is 274 g/mol. The zero-order valence-corrected chi connectivity index (χ0v) is 14.8. The molecule has 0 atom stereocenters. The van der Waals surface area contributed by atoms with E-state index in [0.29, 0.717) is 0 Å². The molecule has 0 heterocycles. The summed E-state index contributed by atoms with van der Waals surface area (Å²) < 4.78 is 0. The van der Waals surface area contributed by atoms with E-state index in [9.17, 15) is 0 Å². The number of benzene rings is 1. The molecule has 0 spiro atoms. The number of thioether (sulfide) groups is 1. The summed E-state index contributed by atoms with van der Waals surface area (Å²) in [6.45, 7) is 2.28. The summed E-state index contributed by atoms with van der Waals surface area (Å²) in [7, 11) is 1.96. The van der Waals surface area contributed by atoms with Gasteiger partial charge in [0.05, 0.1) is 0 Å². The maximum atomic E-state index is 3.16. The number of anilines is 1. The fourth-order valence-electron chi connectivity index (χ4n) is 2.50. The normalized spacial score (nSPS) is 10.8. The van der Waals surface area contributed by atoms with Gasteiger partial charge in [0.15, 0.2) is 0 Å². The standard InChI is InChI=1S/C19H33NS/c1-3-4-5-6-7-8-9-10-11-12-17-21-19-15-13-18(20-2)14-16-19/h13-16,20H,3-12,17H2,1-2H3. The summed E-state index contributed by atoms with van der Waals surface area (Å²) in [4.78, 5) is 1.39. The first-order valence-electron chi connectivity index (χ1n) is 8.77. The van der Waals surface area contributed by atoms with Crippen LogP contribution in [0.2, 0.25) is 0 Å². The Morgan fingerprint density at radius 2 is 1.29 bits per heavy atom. The van der Waals surface area contributed by atoms with Gasteiger partial charge in [-0.15, -0.1) is 11.8 Å². The van der Waals surface area contributed by atoms with Gasteiger partial charge >= 0.3 is 0 Å². The van der Waals surface area contributed by atoms with Crippen molar-refractivity contribution in [2.24, 2.45) is 0 Å². The third-order valence-electron chi connectivity index (χ3n) is 3.91. The molecule has 0 aromatic heterocycles. The van der Waals surface area contributed by atoms with Crippen LogP contribution in [0.25, 0.3) is 0 Å². The van der Waals surface area contributed by atoms with Crippen LogP contribution in [0.4, 0.5) is 5.69 Å². The van der Waals surface area contributed by atoms with Crippen molar-refractivity contribution >= 4 is 17.4 Å². The van der Waals surface area contributed by atoms with Gasteiger partial charge in [-0.1, -0.05) is 64.7 Å². The van der Waals surface area contributed by atoms with E-state index in [4.69, 9.17) is 0 Å². The Bertz CT molecular complexity index is 334. The number of nitrogens with one attached hydrogen (secondary N) is 1. The fraction of sp³-hybridized carbons (Fsp3) is 0.684. The first-order chi connectivity index (χ1) is 10.4. The zero-order chi connectivity index (χ0) is 15.2. The maximum Gasteiger partial charge on any atom is 0.0338 e. The molecule has 1 aromatic carbocycles. The Morgan fingerprint density at radius 3 is 1.81 bits per heavy atom. The van der Waals surface area contributed by atoms with Crippen LogP contribution in [0, 0.1) is 0 Å². The largest absolute Gasteiger partial charge is 0.388 e. The Kier molecular flexibility index (Phi) is 11.5. The van der Waals surface area contributed by atoms with Gasteiger partial charge in [-0.3, -0.25) is 0 Å². The van der Waals surface area contributed by atoms with E-state index in [0.717, 1.165) is 0 Å². The van der Waals surface area contributed by atoms with Gasteiger partial charge in [0, 0.05) is 17.6 Å². The van der Waals surface area contributed by atoms with E-state index < -0.39 is 0 Å². The quantitative estimate of drug-likeness (QED) is 0.320. The molecule has 0 saturated heterocycles. The molecule has 0 aliphatic carbocycles. The second kappa shape index (κ2) is 13.1. The highest BCUT2D eigenvalue weighted by atomic mass is 32.2. The van der Waals surface area contributed by atoms with Crippen LogP contribution in [0.5, 0.6) is 0 Å². The molecule has 0 fully saturated rings. The number of rotatable bonds is 13. The summed E-state index contributed by atoms with van der Waals surface area (Å²) in [5.74, 6) is 1.26. The number of hydrogen-bond acceptors (Lipinski definition) is 2. The predicted octanol–water partition coefficient (Wildman–Crippen LogP) is 6.74. The van der Waals surface area contributed by atoms with Gasteiger partial charge in [-0.05, 0) is 36.4 Å². The van der Waals surface area contributed by atoms with Crippen LogP contribution < -0.4 is 5.32 Å². The lowest BCUT2D eigenvalue weighted by molar-refractivity contribution is 0.563. The van der Waals surface area contributed by atoms with Crippen LogP contribution in [0.3, 0.4) is 0 Å². The minimum absolute atomic E-state index is 1.19. The summed E-state index contributed by atoms with van der Waals surface area (Å²) in [5, 5.41) is 3.16. The SMILES string of the molecule is CCCCCCCCCCCCSc1ccc(NC)cc1. The van der Waals surface area contributed by atoms with Crippen molar-refractivity contribution in [1.29, 1.82) is 0 Å². The van der Waals surface area contributed by atoms with Crippen molar-refractivity contribution in [1.82, 2.24) is 0 Å². The highest BCUT2D eigenvalue weighted by molar-refractivity contribution is 7.99. The molecule has 1 aromatic rings. The van der Waals surface area contributed by atoms with Crippen LogP contribution >= 0.6 is 11.8 Å². The third kappa shape index (κ3) is 9.84. The minimum Gasteiger partial charge on any atom is -0.388 e. The Balaban J connectivity index is 1.88. The van der Waals surface area contributed by atoms with Crippen LogP contribution in [-0.2, 0) is 0 Å². The summed E-state index contributed by atoms with van der Waals surface area (Å²) in [5.41, 5.74) is 1.19. The van der Waals surface area contributed by atoms with Gasteiger partial charge < -0.3 is 5.32 Å². The first kappa shape index (κ1) is 18.4. The van der Waals surface area contributed by atoms with E-state index in [1.54, 1.807) is 0 Å². The molecule has 1 rings (SSSR count). The van der Waals surface area contributed by atoms with Gasteiger partial charge in [0.1, 0.15) is 0 Å². The molecule has 1 nitrogen and oxygen atoms in total. The minimum atomic E-state index is 1.19. The second-order valence-corrected chi connectivity index (χ2v) is 6.97. The van der Waals surface area contributed by atoms with Crippen molar-refractivity contribution in [3.05, 3.63) is 24.3 Å². The molecular formula is C19H33NS. The first-order valence-corrected chi connectivity index (χ1v) is 9.76. The van der Waals surface area contributed by atoms with E-state index in [1.165, 1.54) is 80.5 Å². The van der Waals surface area contributed by atoms with Gasteiger partial charge in [0.25, 0.3) is 0 Å². The average Bonchev–Trinajstić information content (AvgIpc) is 2.53. The van der Waals surface area contributed by atoms with E-state index in [1.807, 2.05) is 18.8 Å². The molecule has 2 heteroatoms. The summed E-state index contributed by atoms with van der Waals surface area (Å²) >= 11 is 1.99. The molecule has 0 unspecified atom stereocenters. The highest BCUT2D eigenvalue weighted by Gasteiger charge is 1.96. The Hall–Kier alpha value is -0.630. The van der Waals surface area contributed by atoms with Crippen molar-refractivity contribution in [3.63, 3.8) is 0 Å². The number of hydrogen-bond donors (Lipinski definition) is 1. The lowest BCUT2D eigenvalue weighted by Crippen LogP contribution is -1.87. The molecule has 1 N–H and O–H groups in total. The predicted molar refractivity (Wildman–Crippen MR) is 98.6 cm³/mol. The van der Waals surface area contributed by atoms with E-state index in [2.05, 4.69) is 36.5 Å².